The molecule has 4 heteroatoms. The number of imidazole rings is 1. The molecule has 1 atom stereocenters. The van der Waals surface area contributed by atoms with Gasteiger partial charge in [0, 0.05) is 12.4 Å². The Labute approximate surface area is 99.5 Å². The molecule has 2 aromatic rings. The van der Waals surface area contributed by atoms with E-state index in [1.54, 1.807) is 18.7 Å². The van der Waals surface area contributed by atoms with Gasteiger partial charge in [0.1, 0.15) is 0 Å². The van der Waals surface area contributed by atoms with E-state index in [1.807, 2.05) is 35.8 Å². The van der Waals surface area contributed by atoms with Gasteiger partial charge in [0.2, 0.25) is 0 Å². The SMILES string of the molecule is Cc1ccc(C(CC(=O)O)n2ccnc2)cc1. The predicted octanol–water partition coefficient (Wildman–Crippen LogP) is 2.26. The molecule has 0 radical (unpaired) electrons. The number of rotatable bonds is 4. The van der Waals surface area contributed by atoms with Gasteiger partial charge < -0.3 is 9.67 Å². The quantitative estimate of drug-likeness (QED) is 0.876. The monoisotopic (exact) mass is 230 g/mol. The Morgan fingerprint density at radius 3 is 2.65 bits per heavy atom. The van der Waals surface area contributed by atoms with Crippen LogP contribution in [0.5, 0.6) is 0 Å². The number of hydrogen-bond acceptors (Lipinski definition) is 2. The van der Waals surface area contributed by atoms with Gasteiger partial charge in [-0.2, -0.15) is 0 Å². The highest BCUT2D eigenvalue weighted by Crippen LogP contribution is 2.22. The number of hydrogen-bond donors (Lipinski definition) is 1. The van der Waals surface area contributed by atoms with Crippen LogP contribution in [0, 0.1) is 6.92 Å². The minimum Gasteiger partial charge on any atom is -0.481 e. The van der Waals surface area contributed by atoms with Crippen molar-refractivity contribution in [1.29, 1.82) is 0 Å². The molecule has 1 N–H and O–H groups in total. The van der Waals surface area contributed by atoms with Gasteiger partial charge >= 0.3 is 5.97 Å². The van der Waals surface area contributed by atoms with Crippen LogP contribution in [0.4, 0.5) is 0 Å². The zero-order valence-electron chi connectivity index (χ0n) is 9.58. The van der Waals surface area contributed by atoms with E-state index >= 15 is 0 Å². The first kappa shape index (κ1) is 11.4. The van der Waals surface area contributed by atoms with Crippen LogP contribution >= 0.6 is 0 Å². The number of aromatic nitrogens is 2. The Kier molecular flexibility index (Phi) is 3.23. The van der Waals surface area contributed by atoms with Crippen LogP contribution in [0.3, 0.4) is 0 Å². The van der Waals surface area contributed by atoms with Crippen LogP contribution in [0.1, 0.15) is 23.6 Å². The summed E-state index contributed by atoms with van der Waals surface area (Å²) in [6, 6.07) is 7.70. The zero-order valence-corrected chi connectivity index (χ0v) is 9.58. The largest absolute Gasteiger partial charge is 0.481 e. The third-order valence-electron chi connectivity index (χ3n) is 2.71. The molecule has 0 saturated heterocycles. The summed E-state index contributed by atoms with van der Waals surface area (Å²) in [7, 11) is 0. The standard InChI is InChI=1S/C13H14N2O2/c1-10-2-4-11(5-3-10)12(8-13(16)17)15-7-6-14-9-15/h2-7,9,12H,8H2,1H3,(H,16,17). The van der Waals surface area contributed by atoms with Crippen molar-refractivity contribution in [3.63, 3.8) is 0 Å². The summed E-state index contributed by atoms with van der Waals surface area (Å²) in [4.78, 5) is 14.9. The van der Waals surface area contributed by atoms with E-state index in [2.05, 4.69) is 4.98 Å². The van der Waals surface area contributed by atoms with Gasteiger partial charge in [-0.1, -0.05) is 29.8 Å². The van der Waals surface area contributed by atoms with E-state index in [1.165, 1.54) is 0 Å². The maximum atomic E-state index is 10.9. The Bertz CT molecular complexity index is 489. The minimum absolute atomic E-state index is 0.0550. The molecule has 1 aromatic heterocycles. The van der Waals surface area contributed by atoms with Crippen molar-refractivity contribution in [2.75, 3.05) is 0 Å². The van der Waals surface area contributed by atoms with Crippen molar-refractivity contribution >= 4 is 5.97 Å². The molecule has 0 spiro atoms. The second kappa shape index (κ2) is 4.82. The van der Waals surface area contributed by atoms with E-state index < -0.39 is 5.97 Å². The smallest absolute Gasteiger partial charge is 0.305 e. The number of aryl methyl sites for hydroxylation is 1. The number of carboxylic acids is 1. The number of benzene rings is 1. The van der Waals surface area contributed by atoms with E-state index in [0.717, 1.165) is 11.1 Å². The number of aliphatic carboxylic acids is 1. The van der Waals surface area contributed by atoms with E-state index in [4.69, 9.17) is 5.11 Å². The predicted molar refractivity (Wildman–Crippen MR) is 63.8 cm³/mol. The van der Waals surface area contributed by atoms with Crippen LogP contribution in [0.15, 0.2) is 43.0 Å². The highest BCUT2D eigenvalue weighted by molar-refractivity contribution is 5.68. The summed E-state index contributed by atoms with van der Waals surface area (Å²) in [5, 5.41) is 8.96. The third-order valence-corrected chi connectivity index (χ3v) is 2.71. The highest BCUT2D eigenvalue weighted by atomic mass is 16.4. The summed E-state index contributed by atoms with van der Waals surface area (Å²) in [6.45, 7) is 2.01. The molecule has 2 rings (SSSR count). The average Bonchev–Trinajstić information content (AvgIpc) is 2.80. The molecule has 88 valence electrons. The van der Waals surface area contributed by atoms with Crippen molar-refractivity contribution < 1.29 is 9.90 Å². The Morgan fingerprint density at radius 1 is 1.41 bits per heavy atom. The summed E-state index contributed by atoms with van der Waals surface area (Å²) >= 11 is 0. The first-order chi connectivity index (χ1) is 8.16. The van der Waals surface area contributed by atoms with Gasteiger partial charge in [-0.3, -0.25) is 4.79 Å². The number of carbonyl (C=O) groups is 1. The normalized spacial score (nSPS) is 12.3. The second-order valence-electron chi connectivity index (χ2n) is 4.03. The lowest BCUT2D eigenvalue weighted by Crippen LogP contribution is -2.13. The molecule has 0 aliphatic carbocycles. The molecule has 0 fully saturated rings. The molecule has 0 aliphatic rings. The van der Waals surface area contributed by atoms with Crippen molar-refractivity contribution in [3.8, 4) is 0 Å². The molecule has 0 saturated carbocycles. The summed E-state index contributed by atoms with van der Waals surface area (Å²) in [6.07, 6.45) is 5.14. The average molecular weight is 230 g/mol. The highest BCUT2D eigenvalue weighted by Gasteiger charge is 2.16. The minimum atomic E-state index is -0.815. The molecular formula is C13H14N2O2. The summed E-state index contributed by atoms with van der Waals surface area (Å²) < 4.78 is 1.82. The lowest BCUT2D eigenvalue weighted by atomic mass is 10.0. The Morgan fingerprint density at radius 2 is 2.12 bits per heavy atom. The fourth-order valence-electron chi connectivity index (χ4n) is 1.80. The van der Waals surface area contributed by atoms with E-state index in [9.17, 15) is 4.79 Å². The van der Waals surface area contributed by atoms with Gasteiger partial charge in [0.15, 0.2) is 0 Å². The Balaban J connectivity index is 2.33. The molecular weight excluding hydrogens is 216 g/mol. The fourth-order valence-corrected chi connectivity index (χ4v) is 1.80. The Hall–Kier alpha value is -2.10. The van der Waals surface area contributed by atoms with Gasteiger partial charge in [-0.15, -0.1) is 0 Å². The molecule has 0 aliphatic heterocycles. The van der Waals surface area contributed by atoms with Crippen LogP contribution in [-0.4, -0.2) is 20.6 Å². The van der Waals surface area contributed by atoms with Gasteiger partial charge in [0.25, 0.3) is 0 Å². The fraction of sp³-hybridized carbons (Fsp3) is 0.231. The maximum Gasteiger partial charge on any atom is 0.305 e. The third kappa shape index (κ3) is 2.72. The topological polar surface area (TPSA) is 55.1 Å². The summed E-state index contributed by atoms with van der Waals surface area (Å²) in [5.41, 5.74) is 2.14. The van der Waals surface area contributed by atoms with E-state index in [-0.39, 0.29) is 12.5 Å². The van der Waals surface area contributed by atoms with Crippen molar-refractivity contribution in [1.82, 2.24) is 9.55 Å². The first-order valence-corrected chi connectivity index (χ1v) is 5.42. The zero-order chi connectivity index (χ0) is 12.3. The second-order valence-corrected chi connectivity index (χ2v) is 4.03. The van der Waals surface area contributed by atoms with Crippen LogP contribution in [0.25, 0.3) is 0 Å². The van der Waals surface area contributed by atoms with E-state index in [0.29, 0.717) is 0 Å². The molecule has 4 nitrogen and oxygen atoms in total. The van der Waals surface area contributed by atoms with Crippen LogP contribution in [-0.2, 0) is 4.79 Å². The first-order valence-electron chi connectivity index (χ1n) is 5.42. The van der Waals surface area contributed by atoms with Crippen molar-refractivity contribution in [3.05, 3.63) is 54.1 Å². The molecule has 0 bridgehead atoms. The molecule has 1 heterocycles. The lowest BCUT2D eigenvalue weighted by Gasteiger charge is -2.17. The number of carboxylic acid groups (broad SMARTS) is 1. The van der Waals surface area contributed by atoms with Crippen LogP contribution < -0.4 is 0 Å². The van der Waals surface area contributed by atoms with Gasteiger partial charge in [-0.05, 0) is 12.5 Å². The van der Waals surface area contributed by atoms with Gasteiger partial charge in [-0.25, -0.2) is 4.98 Å². The maximum absolute atomic E-state index is 10.9. The summed E-state index contributed by atoms with van der Waals surface area (Å²) in [5.74, 6) is -0.815. The molecule has 1 unspecified atom stereocenters. The van der Waals surface area contributed by atoms with Crippen LogP contribution in [0.2, 0.25) is 0 Å². The van der Waals surface area contributed by atoms with Crippen molar-refractivity contribution in [2.24, 2.45) is 0 Å². The molecule has 0 amide bonds. The number of nitrogens with zero attached hydrogens (tertiary/aromatic N) is 2. The molecule has 17 heavy (non-hydrogen) atoms. The van der Waals surface area contributed by atoms with Gasteiger partial charge in [0.05, 0.1) is 18.8 Å². The molecule has 1 aromatic carbocycles. The lowest BCUT2D eigenvalue weighted by molar-refractivity contribution is -0.137. The van der Waals surface area contributed by atoms with Crippen molar-refractivity contribution in [2.45, 2.75) is 19.4 Å².